The van der Waals surface area contributed by atoms with Crippen molar-refractivity contribution in [2.24, 2.45) is 11.8 Å². The molecule has 182 valence electrons. The molecule has 4 atom stereocenters. The average Bonchev–Trinajstić information content (AvgIpc) is 3.44. The van der Waals surface area contributed by atoms with Crippen LogP contribution in [0.15, 0.2) is 24.3 Å². The summed E-state index contributed by atoms with van der Waals surface area (Å²) in [4.78, 5) is 15.2. The van der Waals surface area contributed by atoms with Gasteiger partial charge in [-0.1, -0.05) is 0 Å². The van der Waals surface area contributed by atoms with Crippen molar-refractivity contribution in [1.29, 1.82) is 0 Å². The van der Waals surface area contributed by atoms with Crippen molar-refractivity contribution >= 4 is 5.97 Å². The molecule has 1 aliphatic carbocycles. The van der Waals surface area contributed by atoms with Gasteiger partial charge in [0.25, 0.3) is 0 Å². The van der Waals surface area contributed by atoms with E-state index in [0.29, 0.717) is 18.1 Å². The van der Waals surface area contributed by atoms with Gasteiger partial charge >= 0.3 is 5.97 Å². The lowest BCUT2D eigenvalue weighted by Gasteiger charge is -2.40. The minimum Gasteiger partial charge on any atom is -0.502 e. The van der Waals surface area contributed by atoms with Gasteiger partial charge in [0.1, 0.15) is 0 Å². The number of carbonyl (C=O) groups is 1. The zero-order valence-electron chi connectivity index (χ0n) is 19.8. The molecule has 2 aromatic rings. The van der Waals surface area contributed by atoms with Gasteiger partial charge in [-0.2, -0.15) is 0 Å². The maximum Gasteiger partial charge on any atom is 0.310 e. The second-order valence-electron chi connectivity index (χ2n) is 9.14. The van der Waals surface area contributed by atoms with Crippen LogP contribution in [-0.4, -0.2) is 70.8 Å². The van der Waals surface area contributed by atoms with E-state index in [-0.39, 0.29) is 47.9 Å². The monoisotopic (exact) mass is 470 g/mol. The molecule has 1 unspecified atom stereocenters. The first kappa shape index (κ1) is 22.6. The molecule has 0 spiro atoms. The number of cyclic esters (lactones) is 1. The third-order valence-corrected chi connectivity index (χ3v) is 6.97. The number of carbonyl (C=O) groups excluding carboxylic acids is 1. The Hall–Kier alpha value is -3.17. The molecule has 0 bridgehead atoms. The smallest absolute Gasteiger partial charge is 0.310 e. The maximum absolute atomic E-state index is 13.1. The van der Waals surface area contributed by atoms with Gasteiger partial charge in [0.05, 0.1) is 26.7 Å². The van der Waals surface area contributed by atoms with Crippen LogP contribution in [-0.2, 0) is 9.53 Å². The SMILES string of the molecule is COc1cc([C@H]2c3cc4c(cc3[C@@H](NCCN(C)C)C3COC(=O)[C@@H]32)OCO4)cc(OC)c1O. The second-order valence-corrected chi connectivity index (χ2v) is 9.14. The Balaban J connectivity index is 1.67. The molecule has 1 fully saturated rings. The first-order valence-corrected chi connectivity index (χ1v) is 11.4. The molecule has 2 N–H and O–H groups in total. The first-order chi connectivity index (χ1) is 16.4. The number of hydrogen-bond donors (Lipinski definition) is 2. The zero-order chi connectivity index (χ0) is 24.0. The number of benzene rings is 2. The molecule has 9 nitrogen and oxygen atoms in total. The highest BCUT2D eigenvalue weighted by molar-refractivity contribution is 5.79. The number of likely N-dealkylation sites (N-methyl/N-ethyl adjacent to an activating group) is 1. The van der Waals surface area contributed by atoms with Crippen molar-refractivity contribution in [2.45, 2.75) is 12.0 Å². The van der Waals surface area contributed by atoms with Gasteiger partial charge in [0.15, 0.2) is 23.0 Å². The van der Waals surface area contributed by atoms with Gasteiger partial charge in [0.2, 0.25) is 12.5 Å². The average molecular weight is 471 g/mol. The van der Waals surface area contributed by atoms with Crippen molar-refractivity contribution in [2.75, 3.05) is 54.8 Å². The summed E-state index contributed by atoms with van der Waals surface area (Å²) < 4.78 is 27.8. The van der Waals surface area contributed by atoms with Gasteiger partial charge in [-0.25, -0.2) is 0 Å². The number of fused-ring (bicyclic) bond motifs is 3. The van der Waals surface area contributed by atoms with Crippen molar-refractivity contribution in [3.8, 4) is 28.7 Å². The second kappa shape index (κ2) is 8.88. The summed E-state index contributed by atoms with van der Waals surface area (Å²) in [5, 5.41) is 14.1. The Morgan fingerprint density at radius 2 is 1.68 bits per heavy atom. The van der Waals surface area contributed by atoms with E-state index < -0.39 is 5.92 Å². The summed E-state index contributed by atoms with van der Waals surface area (Å²) in [7, 11) is 7.04. The molecular formula is C25H30N2O7. The Morgan fingerprint density at radius 1 is 1.03 bits per heavy atom. The number of nitrogens with one attached hydrogen (secondary N) is 1. The molecule has 1 saturated heterocycles. The first-order valence-electron chi connectivity index (χ1n) is 11.4. The van der Waals surface area contributed by atoms with Crippen LogP contribution in [0.4, 0.5) is 0 Å². The predicted molar refractivity (Wildman–Crippen MR) is 123 cm³/mol. The summed E-state index contributed by atoms with van der Waals surface area (Å²) >= 11 is 0. The number of phenolic OH excluding ortho intramolecular Hbond substituents is 1. The van der Waals surface area contributed by atoms with Crippen LogP contribution in [0, 0.1) is 11.8 Å². The van der Waals surface area contributed by atoms with Crippen LogP contribution in [0.3, 0.4) is 0 Å². The number of hydrogen-bond acceptors (Lipinski definition) is 9. The lowest BCUT2D eigenvalue weighted by atomic mass is 9.65. The van der Waals surface area contributed by atoms with Gasteiger partial charge in [0, 0.05) is 31.0 Å². The van der Waals surface area contributed by atoms with Crippen LogP contribution in [0.2, 0.25) is 0 Å². The van der Waals surface area contributed by atoms with Gasteiger partial charge in [-0.05, 0) is 55.1 Å². The standard InChI is InChI=1S/C25H30N2O7/c1-27(2)6-5-26-23-15-10-18-17(33-12-34-18)9-14(15)21(22-16(23)11-32-25(22)29)13-7-19(30-3)24(28)20(8-13)31-4/h7-10,16,21-23,26,28H,5-6,11-12H2,1-4H3/t16?,21-,22-,23+/m0/s1. The predicted octanol–water partition coefficient (Wildman–Crippen LogP) is 2.27. The maximum atomic E-state index is 13.1. The largest absolute Gasteiger partial charge is 0.502 e. The van der Waals surface area contributed by atoms with Gasteiger partial charge < -0.3 is 39.0 Å². The molecule has 2 aliphatic heterocycles. The summed E-state index contributed by atoms with van der Waals surface area (Å²) in [6.45, 7) is 2.12. The van der Waals surface area contributed by atoms with Crippen molar-refractivity contribution in [3.05, 3.63) is 41.0 Å². The molecule has 0 saturated carbocycles. The van der Waals surface area contributed by atoms with Crippen molar-refractivity contribution < 1.29 is 33.6 Å². The molecule has 0 radical (unpaired) electrons. The summed E-state index contributed by atoms with van der Waals surface area (Å²) in [6.07, 6.45) is 0. The van der Waals surface area contributed by atoms with Crippen LogP contribution in [0.25, 0.3) is 0 Å². The van der Waals surface area contributed by atoms with Crippen LogP contribution in [0.1, 0.15) is 28.7 Å². The molecule has 0 amide bonds. The molecule has 34 heavy (non-hydrogen) atoms. The number of nitrogens with zero attached hydrogens (tertiary/aromatic N) is 1. The Morgan fingerprint density at radius 3 is 2.29 bits per heavy atom. The fourth-order valence-electron chi connectivity index (χ4n) is 5.36. The number of aromatic hydroxyl groups is 1. The quantitative estimate of drug-likeness (QED) is 0.591. The highest BCUT2D eigenvalue weighted by atomic mass is 16.7. The van der Waals surface area contributed by atoms with E-state index in [9.17, 15) is 9.90 Å². The minimum atomic E-state index is -0.413. The molecular weight excluding hydrogens is 440 g/mol. The molecule has 3 aliphatic rings. The summed E-state index contributed by atoms with van der Waals surface area (Å²) in [5.74, 6) is 0.783. The highest BCUT2D eigenvalue weighted by Gasteiger charge is 2.52. The van der Waals surface area contributed by atoms with Crippen molar-refractivity contribution in [1.82, 2.24) is 10.2 Å². The highest BCUT2D eigenvalue weighted by Crippen LogP contribution is 2.55. The van der Waals surface area contributed by atoms with Crippen LogP contribution < -0.4 is 24.3 Å². The molecule has 2 heterocycles. The molecule has 0 aromatic heterocycles. The van der Waals surface area contributed by atoms with Crippen molar-refractivity contribution in [3.63, 3.8) is 0 Å². The van der Waals surface area contributed by atoms with E-state index in [0.717, 1.165) is 29.8 Å². The van der Waals surface area contributed by atoms with E-state index in [4.69, 9.17) is 23.7 Å². The Kier molecular flexibility index (Phi) is 5.91. The topological polar surface area (TPSA) is 98.7 Å². The summed E-state index contributed by atoms with van der Waals surface area (Å²) in [5.41, 5.74) is 2.81. The third kappa shape index (κ3) is 3.69. The van der Waals surface area contributed by atoms with Gasteiger partial charge in [-0.15, -0.1) is 0 Å². The lowest BCUT2D eigenvalue weighted by molar-refractivity contribution is -0.141. The van der Waals surface area contributed by atoms with Crippen LogP contribution in [0.5, 0.6) is 28.7 Å². The molecule has 2 aromatic carbocycles. The number of phenols is 1. The fraction of sp³-hybridized carbons (Fsp3) is 0.480. The van der Waals surface area contributed by atoms with E-state index in [1.54, 1.807) is 12.1 Å². The number of methoxy groups -OCH3 is 2. The van der Waals surface area contributed by atoms with E-state index in [1.165, 1.54) is 14.2 Å². The van der Waals surface area contributed by atoms with E-state index >= 15 is 0 Å². The summed E-state index contributed by atoms with van der Waals surface area (Å²) in [6, 6.07) is 7.43. The number of rotatable bonds is 7. The van der Waals surface area contributed by atoms with Crippen LogP contribution >= 0.6 is 0 Å². The minimum absolute atomic E-state index is 0.0710. The number of ether oxygens (including phenoxy) is 5. The lowest BCUT2D eigenvalue weighted by Crippen LogP contribution is -2.42. The third-order valence-electron chi connectivity index (χ3n) is 6.97. The zero-order valence-corrected chi connectivity index (χ0v) is 19.8. The number of esters is 1. The molecule has 5 rings (SSSR count). The molecule has 9 heteroatoms. The Bertz CT molecular complexity index is 1080. The van der Waals surface area contributed by atoms with E-state index in [1.807, 2.05) is 26.2 Å². The fourth-order valence-corrected chi connectivity index (χ4v) is 5.36. The van der Waals surface area contributed by atoms with E-state index in [2.05, 4.69) is 10.2 Å². The normalized spacial score (nSPS) is 24.6. The Labute approximate surface area is 198 Å². The van der Waals surface area contributed by atoms with Gasteiger partial charge in [-0.3, -0.25) is 4.79 Å².